The van der Waals surface area contributed by atoms with E-state index >= 15 is 0 Å². The van der Waals surface area contributed by atoms with E-state index in [1.807, 2.05) is 6.07 Å². The van der Waals surface area contributed by atoms with E-state index in [0.717, 1.165) is 31.7 Å². The summed E-state index contributed by atoms with van der Waals surface area (Å²) in [5.74, 6) is 0. The van der Waals surface area contributed by atoms with Crippen LogP contribution in [-0.2, 0) is 0 Å². The van der Waals surface area contributed by atoms with Crippen LogP contribution in [0.2, 0.25) is 5.02 Å². The van der Waals surface area contributed by atoms with Crippen LogP contribution in [0.5, 0.6) is 0 Å². The van der Waals surface area contributed by atoms with Gasteiger partial charge in [-0.3, -0.25) is 4.90 Å². The van der Waals surface area contributed by atoms with Gasteiger partial charge in [0.25, 0.3) is 0 Å². The van der Waals surface area contributed by atoms with Crippen LogP contribution in [-0.4, -0.2) is 37.3 Å². The van der Waals surface area contributed by atoms with E-state index in [4.69, 9.17) is 11.6 Å². The Hall–Kier alpha value is -0.780. The minimum absolute atomic E-state index is 0.0733. The fourth-order valence-electron chi connectivity index (χ4n) is 2.57. The highest BCUT2D eigenvalue weighted by atomic mass is 35.5. The Morgan fingerprint density at radius 2 is 1.95 bits per heavy atom. The standard InChI is InChI=1S/C14H18ClF3N2/c15-12-3-1-2-11(10-12)13(4-5-14(16,17)18)20-8-6-19-7-9-20/h1-3,10,13,19H,4-9H2/t13-/m1/s1. The number of hydrogen-bond donors (Lipinski definition) is 1. The third-order valence-corrected chi connectivity index (χ3v) is 3.76. The summed E-state index contributed by atoms with van der Waals surface area (Å²) in [6.07, 6.45) is -4.82. The van der Waals surface area contributed by atoms with Crippen LogP contribution in [0.25, 0.3) is 0 Å². The Labute approximate surface area is 121 Å². The second-order valence-electron chi connectivity index (χ2n) is 5.01. The van der Waals surface area contributed by atoms with Gasteiger partial charge in [-0.25, -0.2) is 0 Å². The zero-order valence-corrected chi connectivity index (χ0v) is 11.8. The smallest absolute Gasteiger partial charge is 0.314 e. The molecular weight excluding hydrogens is 289 g/mol. The molecule has 1 heterocycles. The van der Waals surface area contributed by atoms with Gasteiger partial charge in [-0.2, -0.15) is 13.2 Å². The predicted molar refractivity (Wildman–Crippen MR) is 73.9 cm³/mol. The highest BCUT2D eigenvalue weighted by molar-refractivity contribution is 6.30. The van der Waals surface area contributed by atoms with Gasteiger partial charge in [-0.15, -0.1) is 0 Å². The largest absolute Gasteiger partial charge is 0.389 e. The molecule has 0 spiro atoms. The molecule has 0 bridgehead atoms. The van der Waals surface area contributed by atoms with Gasteiger partial charge in [0.15, 0.2) is 0 Å². The van der Waals surface area contributed by atoms with Crippen LogP contribution in [0.4, 0.5) is 13.2 Å². The molecule has 2 rings (SSSR count). The maximum absolute atomic E-state index is 12.5. The van der Waals surface area contributed by atoms with E-state index in [2.05, 4.69) is 10.2 Å². The second-order valence-corrected chi connectivity index (χ2v) is 5.45. The predicted octanol–water partition coefficient (Wildman–Crippen LogP) is 3.63. The van der Waals surface area contributed by atoms with Gasteiger partial charge >= 0.3 is 6.18 Å². The third-order valence-electron chi connectivity index (χ3n) is 3.53. The molecule has 0 amide bonds. The molecule has 1 atom stereocenters. The number of nitrogens with zero attached hydrogens (tertiary/aromatic N) is 1. The van der Waals surface area contributed by atoms with Crippen molar-refractivity contribution in [3.8, 4) is 0 Å². The monoisotopic (exact) mass is 306 g/mol. The van der Waals surface area contributed by atoms with Crippen molar-refractivity contribution in [3.05, 3.63) is 34.9 Å². The van der Waals surface area contributed by atoms with Gasteiger partial charge in [-0.1, -0.05) is 23.7 Å². The van der Waals surface area contributed by atoms with Gasteiger partial charge < -0.3 is 5.32 Å². The van der Waals surface area contributed by atoms with Crippen molar-refractivity contribution < 1.29 is 13.2 Å². The van der Waals surface area contributed by atoms with Crippen molar-refractivity contribution in [2.75, 3.05) is 26.2 Å². The van der Waals surface area contributed by atoms with Crippen molar-refractivity contribution in [2.24, 2.45) is 0 Å². The first-order chi connectivity index (χ1) is 9.46. The fourth-order valence-corrected chi connectivity index (χ4v) is 2.77. The first-order valence-electron chi connectivity index (χ1n) is 6.73. The Morgan fingerprint density at radius 1 is 1.25 bits per heavy atom. The number of alkyl halides is 3. The van der Waals surface area contributed by atoms with E-state index in [1.54, 1.807) is 18.2 Å². The first kappa shape index (κ1) is 15.6. The lowest BCUT2D eigenvalue weighted by molar-refractivity contribution is -0.138. The molecule has 20 heavy (non-hydrogen) atoms. The maximum Gasteiger partial charge on any atom is 0.389 e. The second kappa shape index (κ2) is 6.78. The van der Waals surface area contributed by atoms with Crippen molar-refractivity contribution in [3.63, 3.8) is 0 Å². The van der Waals surface area contributed by atoms with Gasteiger partial charge in [0.05, 0.1) is 0 Å². The number of rotatable bonds is 4. The molecule has 0 unspecified atom stereocenters. The lowest BCUT2D eigenvalue weighted by Crippen LogP contribution is -2.45. The van der Waals surface area contributed by atoms with Gasteiger partial charge in [0.2, 0.25) is 0 Å². The third kappa shape index (κ3) is 4.65. The topological polar surface area (TPSA) is 15.3 Å². The quantitative estimate of drug-likeness (QED) is 0.914. The minimum Gasteiger partial charge on any atom is -0.314 e. The summed E-state index contributed by atoms with van der Waals surface area (Å²) in [6, 6.07) is 6.93. The average molecular weight is 307 g/mol. The maximum atomic E-state index is 12.5. The number of piperazine rings is 1. The number of halogens is 4. The molecule has 0 aliphatic carbocycles. The Kier molecular flexibility index (Phi) is 5.29. The number of nitrogens with one attached hydrogen (secondary N) is 1. The molecule has 0 aromatic heterocycles. The van der Waals surface area contributed by atoms with E-state index in [1.165, 1.54) is 0 Å². The van der Waals surface area contributed by atoms with Crippen LogP contribution in [0.15, 0.2) is 24.3 Å². The molecule has 112 valence electrons. The zero-order valence-electron chi connectivity index (χ0n) is 11.1. The lowest BCUT2D eigenvalue weighted by Gasteiger charge is -2.35. The Bertz CT molecular complexity index is 431. The lowest BCUT2D eigenvalue weighted by atomic mass is 9.99. The normalized spacial score (nSPS) is 19.0. The molecule has 0 saturated carbocycles. The summed E-state index contributed by atoms with van der Waals surface area (Å²) in [5, 5.41) is 3.78. The van der Waals surface area contributed by atoms with Crippen LogP contribution in [0, 0.1) is 0 Å². The highest BCUT2D eigenvalue weighted by Crippen LogP contribution is 2.32. The number of hydrogen-bond acceptors (Lipinski definition) is 2. The van der Waals surface area contributed by atoms with Crippen molar-refractivity contribution in [1.29, 1.82) is 0 Å². The first-order valence-corrected chi connectivity index (χ1v) is 7.10. The van der Waals surface area contributed by atoms with E-state index < -0.39 is 12.6 Å². The molecule has 6 heteroatoms. The summed E-state index contributed by atoms with van der Waals surface area (Å²) >= 11 is 5.96. The molecule has 0 radical (unpaired) electrons. The van der Waals surface area contributed by atoms with E-state index in [9.17, 15) is 13.2 Å². The summed E-state index contributed by atoms with van der Waals surface area (Å²) in [6.45, 7) is 3.14. The Morgan fingerprint density at radius 3 is 2.55 bits per heavy atom. The molecule has 1 aliphatic rings. The van der Waals surface area contributed by atoms with Gasteiger partial charge in [0, 0.05) is 43.7 Å². The van der Waals surface area contributed by atoms with E-state index in [-0.39, 0.29) is 12.5 Å². The molecule has 1 aromatic carbocycles. The van der Waals surface area contributed by atoms with Gasteiger partial charge in [0.1, 0.15) is 0 Å². The molecule has 1 N–H and O–H groups in total. The minimum atomic E-state index is -4.12. The summed E-state index contributed by atoms with van der Waals surface area (Å²) in [5.41, 5.74) is 0.864. The summed E-state index contributed by atoms with van der Waals surface area (Å²) < 4.78 is 37.6. The van der Waals surface area contributed by atoms with Crippen molar-refractivity contribution in [1.82, 2.24) is 10.2 Å². The Balaban J connectivity index is 2.14. The molecular formula is C14H18ClF3N2. The highest BCUT2D eigenvalue weighted by Gasteiger charge is 2.31. The van der Waals surface area contributed by atoms with Crippen LogP contribution in [0.3, 0.4) is 0 Å². The van der Waals surface area contributed by atoms with Crippen LogP contribution in [0.1, 0.15) is 24.4 Å². The van der Waals surface area contributed by atoms with E-state index in [0.29, 0.717) is 5.02 Å². The molecule has 1 aromatic rings. The molecule has 1 aliphatic heterocycles. The summed E-state index contributed by atoms with van der Waals surface area (Å²) in [7, 11) is 0. The SMILES string of the molecule is FC(F)(F)CC[C@H](c1cccc(Cl)c1)N1CCNCC1. The van der Waals surface area contributed by atoms with Crippen LogP contribution < -0.4 is 5.32 Å². The molecule has 1 fully saturated rings. The van der Waals surface area contributed by atoms with Crippen LogP contribution >= 0.6 is 11.6 Å². The molecule has 2 nitrogen and oxygen atoms in total. The fraction of sp³-hybridized carbons (Fsp3) is 0.571. The van der Waals surface area contributed by atoms with Crippen molar-refractivity contribution in [2.45, 2.75) is 25.1 Å². The van der Waals surface area contributed by atoms with Gasteiger partial charge in [-0.05, 0) is 24.1 Å². The average Bonchev–Trinajstić information content (AvgIpc) is 2.39. The number of benzene rings is 1. The zero-order chi connectivity index (χ0) is 14.6. The summed E-state index contributed by atoms with van der Waals surface area (Å²) in [4.78, 5) is 2.11. The van der Waals surface area contributed by atoms with Crippen molar-refractivity contribution >= 4 is 11.6 Å². The molecule has 1 saturated heterocycles.